The summed E-state index contributed by atoms with van der Waals surface area (Å²) in [6.45, 7) is 1.86. The van der Waals surface area contributed by atoms with Gasteiger partial charge in [0.25, 0.3) is 5.91 Å². The number of carbonyl (C=O) groups is 1. The van der Waals surface area contributed by atoms with Gasteiger partial charge in [-0.1, -0.05) is 11.6 Å². The smallest absolute Gasteiger partial charge is 0.266 e. The summed E-state index contributed by atoms with van der Waals surface area (Å²) in [5.41, 5.74) is 0.894. The maximum absolute atomic E-state index is 11.7. The van der Waals surface area contributed by atoms with Crippen molar-refractivity contribution >= 4 is 34.7 Å². The number of anilines is 1. The van der Waals surface area contributed by atoms with Crippen molar-refractivity contribution in [3.05, 3.63) is 33.1 Å². The molecular formula is C9H8ClN3OS. The SMILES string of the molecule is Cc1cn[nH]c1NC(=O)c1ccc(Cl)s1. The lowest BCUT2D eigenvalue weighted by Crippen LogP contribution is -2.11. The van der Waals surface area contributed by atoms with Gasteiger partial charge in [-0.2, -0.15) is 5.10 Å². The van der Waals surface area contributed by atoms with Crippen LogP contribution in [0.4, 0.5) is 5.82 Å². The Morgan fingerprint density at radius 2 is 2.40 bits per heavy atom. The highest BCUT2D eigenvalue weighted by atomic mass is 35.5. The molecule has 1 amide bonds. The number of aromatic amines is 1. The first-order valence-electron chi connectivity index (χ1n) is 4.23. The minimum absolute atomic E-state index is 0.181. The summed E-state index contributed by atoms with van der Waals surface area (Å²) in [5, 5.41) is 9.23. The topological polar surface area (TPSA) is 57.8 Å². The molecule has 0 aromatic carbocycles. The zero-order valence-corrected chi connectivity index (χ0v) is 9.45. The van der Waals surface area contributed by atoms with Crippen molar-refractivity contribution in [3.8, 4) is 0 Å². The minimum atomic E-state index is -0.181. The number of aromatic nitrogens is 2. The second kappa shape index (κ2) is 4.04. The van der Waals surface area contributed by atoms with Gasteiger partial charge in [0.15, 0.2) is 0 Å². The summed E-state index contributed by atoms with van der Waals surface area (Å²) in [5.74, 6) is 0.434. The summed E-state index contributed by atoms with van der Waals surface area (Å²) in [7, 11) is 0. The summed E-state index contributed by atoms with van der Waals surface area (Å²) < 4.78 is 0.599. The van der Waals surface area contributed by atoms with Gasteiger partial charge in [0, 0.05) is 5.56 Å². The summed E-state index contributed by atoms with van der Waals surface area (Å²) in [6, 6.07) is 3.38. The number of rotatable bonds is 2. The van der Waals surface area contributed by atoms with Crippen molar-refractivity contribution in [3.63, 3.8) is 0 Å². The largest absolute Gasteiger partial charge is 0.306 e. The van der Waals surface area contributed by atoms with Crippen LogP contribution >= 0.6 is 22.9 Å². The van der Waals surface area contributed by atoms with Gasteiger partial charge in [0.2, 0.25) is 0 Å². The van der Waals surface area contributed by atoms with Gasteiger partial charge in [0.1, 0.15) is 5.82 Å². The Balaban J connectivity index is 2.14. The van der Waals surface area contributed by atoms with E-state index < -0.39 is 0 Å². The molecule has 0 saturated carbocycles. The predicted molar refractivity (Wildman–Crippen MR) is 60.6 cm³/mol. The van der Waals surface area contributed by atoms with E-state index in [2.05, 4.69) is 15.5 Å². The lowest BCUT2D eigenvalue weighted by molar-refractivity contribution is 0.103. The number of nitrogens with zero attached hydrogens (tertiary/aromatic N) is 1. The van der Waals surface area contributed by atoms with Crippen molar-refractivity contribution in [1.82, 2.24) is 10.2 Å². The number of H-pyrrole nitrogens is 1. The predicted octanol–water partition coefficient (Wildman–Crippen LogP) is 2.69. The lowest BCUT2D eigenvalue weighted by atomic mass is 10.3. The normalized spacial score (nSPS) is 10.3. The van der Waals surface area contributed by atoms with Crippen LogP contribution in [0.3, 0.4) is 0 Å². The molecule has 0 aliphatic heterocycles. The van der Waals surface area contributed by atoms with Gasteiger partial charge >= 0.3 is 0 Å². The van der Waals surface area contributed by atoms with E-state index in [0.29, 0.717) is 15.0 Å². The summed E-state index contributed by atoms with van der Waals surface area (Å²) >= 11 is 6.98. The van der Waals surface area contributed by atoms with Crippen molar-refractivity contribution in [2.45, 2.75) is 6.92 Å². The van der Waals surface area contributed by atoms with Crippen LogP contribution in [0.2, 0.25) is 4.34 Å². The molecule has 0 unspecified atom stereocenters. The highest BCUT2D eigenvalue weighted by Gasteiger charge is 2.10. The van der Waals surface area contributed by atoms with Crippen LogP contribution in [0, 0.1) is 6.92 Å². The van der Waals surface area contributed by atoms with Gasteiger partial charge in [-0.15, -0.1) is 11.3 Å². The van der Waals surface area contributed by atoms with E-state index in [0.717, 1.165) is 5.56 Å². The Labute approximate surface area is 95.3 Å². The highest BCUT2D eigenvalue weighted by molar-refractivity contribution is 7.18. The molecule has 0 saturated heterocycles. The van der Waals surface area contributed by atoms with E-state index in [9.17, 15) is 4.79 Å². The first kappa shape index (κ1) is 10.2. The number of halogens is 1. The molecule has 0 spiro atoms. The monoisotopic (exact) mass is 241 g/mol. The Bertz CT molecular complexity index is 491. The van der Waals surface area contributed by atoms with Crippen LogP contribution in [-0.4, -0.2) is 16.1 Å². The number of aryl methyl sites for hydroxylation is 1. The summed E-state index contributed by atoms with van der Waals surface area (Å²) in [6.07, 6.45) is 1.65. The Morgan fingerprint density at radius 3 is 2.93 bits per heavy atom. The molecule has 6 heteroatoms. The molecule has 2 aromatic rings. The molecule has 78 valence electrons. The van der Waals surface area contributed by atoms with E-state index in [1.54, 1.807) is 18.3 Å². The molecule has 2 heterocycles. The lowest BCUT2D eigenvalue weighted by Gasteiger charge is -2.00. The third kappa shape index (κ3) is 2.19. The average molecular weight is 242 g/mol. The number of amides is 1. The Hall–Kier alpha value is -1.33. The molecular weight excluding hydrogens is 234 g/mol. The van der Waals surface area contributed by atoms with Gasteiger partial charge < -0.3 is 5.32 Å². The number of nitrogens with one attached hydrogen (secondary N) is 2. The first-order chi connectivity index (χ1) is 7.16. The third-order valence-electron chi connectivity index (χ3n) is 1.86. The molecule has 0 radical (unpaired) electrons. The average Bonchev–Trinajstić information content (AvgIpc) is 2.77. The van der Waals surface area contributed by atoms with Crippen molar-refractivity contribution < 1.29 is 4.79 Å². The molecule has 0 aliphatic carbocycles. The van der Waals surface area contributed by atoms with Crippen LogP contribution in [-0.2, 0) is 0 Å². The van der Waals surface area contributed by atoms with E-state index >= 15 is 0 Å². The van der Waals surface area contributed by atoms with E-state index in [1.807, 2.05) is 6.92 Å². The standard InChI is InChI=1S/C9H8ClN3OS/c1-5-4-11-13-8(5)12-9(14)6-2-3-7(10)15-6/h2-4H,1H3,(H2,11,12,13,14). The minimum Gasteiger partial charge on any atom is -0.306 e. The highest BCUT2D eigenvalue weighted by Crippen LogP contribution is 2.22. The molecule has 2 rings (SSSR count). The van der Waals surface area contributed by atoms with Gasteiger partial charge in [-0.05, 0) is 19.1 Å². The molecule has 0 aliphatic rings. The van der Waals surface area contributed by atoms with Crippen LogP contribution in [0.5, 0.6) is 0 Å². The second-order valence-corrected chi connectivity index (χ2v) is 4.70. The number of hydrogen-bond donors (Lipinski definition) is 2. The van der Waals surface area contributed by atoms with Crippen molar-refractivity contribution in [1.29, 1.82) is 0 Å². The van der Waals surface area contributed by atoms with Crippen LogP contribution in [0.1, 0.15) is 15.2 Å². The van der Waals surface area contributed by atoms with Gasteiger partial charge in [-0.3, -0.25) is 9.89 Å². The van der Waals surface area contributed by atoms with Crippen LogP contribution in [0.25, 0.3) is 0 Å². The fourth-order valence-electron chi connectivity index (χ4n) is 1.08. The molecule has 0 bridgehead atoms. The molecule has 0 atom stereocenters. The van der Waals surface area contributed by atoms with E-state index in [4.69, 9.17) is 11.6 Å². The maximum atomic E-state index is 11.7. The van der Waals surface area contributed by atoms with E-state index in [1.165, 1.54) is 11.3 Å². The fraction of sp³-hybridized carbons (Fsp3) is 0.111. The van der Waals surface area contributed by atoms with Crippen molar-refractivity contribution in [2.24, 2.45) is 0 Å². The maximum Gasteiger partial charge on any atom is 0.266 e. The molecule has 2 N–H and O–H groups in total. The zero-order valence-electron chi connectivity index (χ0n) is 7.87. The summed E-state index contributed by atoms with van der Waals surface area (Å²) in [4.78, 5) is 12.2. The Kier molecular flexibility index (Phi) is 2.75. The van der Waals surface area contributed by atoms with Gasteiger partial charge in [0.05, 0.1) is 15.4 Å². The van der Waals surface area contributed by atoms with Gasteiger partial charge in [-0.25, -0.2) is 0 Å². The Morgan fingerprint density at radius 1 is 1.60 bits per heavy atom. The number of hydrogen-bond acceptors (Lipinski definition) is 3. The molecule has 2 aromatic heterocycles. The van der Waals surface area contributed by atoms with Crippen LogP contribution in [0.15, 0.2) is 18.3 Å². The molecule has 15 heavy (non-hydrogen) atoms. The zero-order chi connectivity index (χ0) is 10.8. The van der Waals surface area contributed by atoms with E-state index in [-0.39, 0.29) is 5.91 Å². The van der Waals surface area contributed by atoms with Crippen molar-refractivity contribution in [2.75, 3.05) is 5.32 Å². The number of thiophene rings is 1. The molecule has 0 fully saturated rings. The number of carbonyl (C=O) groups excluding carboxylic acids is 1. The third-order valence-corrected chi connectivity index (χ3v) is 3.09. The second-order valence-electron chi connectivity index (χ2n) is 2.99. The van der Waals surface area contributed by atoms with Crippen LogP contribution < -0.4 is 5.32 Å². The molecule has 4 nitrogen and oxygen atoms in total. The fourth-order valence-corrected chi connectivity index (χ4v) is 2.02. The first-order valence-corrected chi connectivity index (χ1v) is 5.43. The quantitative estimate of drug-likeness (QED) is 0.849.